The molecule has 1 aromatic rings. The van der Waals surface area contributed by atoms with Crippen molar-refractivity contribution in [2.45, 2.75) is 32.7 Å². The molecule has 2 heterocycles. The Bertz CT molecular complexity index is 466. The monoisotopic (exact) mass is 308 g/mol. The summed E-state index contributed by atoms with van der Waals surface area (Å²) in [6.45, 7) is 6.32. The third-order valence-electron chi connectivity index (χ3n) is 4.09. The Morgan fingerprint density at radius 1 is 1.50 bits per heavy atom. The van der Waals surface area contributed by atoms with Crippen LogP contribution in [0, 0.1) is 5.92 Å². The van der Waals surface area contributed by atoms with Gasteiger partial charge in [0.05, 0.1) is 0 Å². The molecule has 0 saturated carbocycles. The molecule has 0 aromatic carbocycles. The van der Waals surface area contributed by atoms with Crippen LogP contribution in [-0.4, -0.2) is 59.0 Å². The SMILES string of the molecule is CCNC(=NCc1nncn1C)N(C)CCC1CCOCC1. The van der Waals surface area contributed by atoms with Crippen LogP contribution in [0.25, 0.3) is 0 Å². The minimum atomic E-state index is 0.542. The molecule has 0 radical (unpaired) electrons. The van der Waals surface area contributed by atoms with Gasteiger partial charge in [0.2, 0.25) is 0 Å². The molecule has 124 valence electrons. The summed E-state index contributed by atoms with van der Waals surface area (Å²) in [5.74, 6) is 2.57. The van der Waals surface area contributed by atoms with Gasteiger partial charge < -0.3 is 19.5 Å². The molecule has 0 spiro atoms. The average Bonchev–Trinajstić information content (AvgIpc) is 2.95. The van der Waals surface area contributed by atoms with Crippen LogP contribution in [0.1, 0.15) is 32.0 Å². The minimum Gasteiger partial charge on any atom is -0.381 e. The van der Waals surface area contributed by atoms with Crippen LogP contribution in [0.3, 0.4) is 0 Å². The second kappa shape index (κ2) is 8.73. The van der Waals surface area contributed by atoms with Gasteiger partial charge in [0.25, 0.3) is 0 Å². The number of aryl methyl sites for hydroxylation is 1. The minimum absolute atomic E-state index is 0.542. The summed E-state index contributed by atoms with van der Waals surface area (Å²) in [4.78, 5) is 6.87. The van der Waals surface area contributed by atoms with Crippen molar-refractivity contribution in [3.8, 4) is 0 Å². The van der Waals surface area contributed by atoms with Gasteiger partial charge in [-0.2, -0.15) is 0 Å². The van der Waals surface area contributed by atoms with Crippen LogP contribution in [0.5, 0.6) is 0 Å². The second-order valence-electron chi connectivity index (χ2n) is 5.79. The van der Waals surface area contributed by atoms with Gasteiger partial charge in [-0.3, -0.25) is 0 Å². The van der Waals surface area contributed by atoms with Gasteiger partial charge in [-0.15, -0.1) is 10.2 Å². The summed E-state index contributed by atoms with van der Waals surface area (Å²) >= 11 is 0. The van der Waals surface area contributed by atoms with E-state index in [2.05, 4.69) is 39.4 Å². The summed E-state index contributed by atoms with van der Waals surface area (Å²) in [6.07, 6.45) is 5.25. The number of hydrogen-bond acceptors (Lipinski definition) is 4. The van der Waals surface area contributed by atoms with Crippen molar-refractivity contribution in [3.05, 3.63) is 12.2 Å². The number of nitrogens with zero attached hydrogens (tertiary/aromatic N) is 5. The van der Waals surface area contributed by atoms with Crippen molar-refractivity contribution in [1.82, 2.24) is 25.0 Å². The summed E-state index contributed by atoms with van der Waals surface area (Å²) < 4.78 is 7.32. The van der Waals surface area contributed by atoms with E-state index in [-0.39, 0.29) is 0 Å². The molecule has 0 aliphatic carbocycles. The fourth-order valence-corrected chi connectivity index (χ4v) is 2.58. The molecule has 7 heteroatoms. The fourth-order valence-electron chi connectivity index (χ4n) is 2.58. The van der Waals surface area contributed by atoms with Crippen LogP contribution in [0.15, 0.2) is 11.3 Å². The molecule has 2 rings (SSSR count). The standard InChI is InChI=1S/C15H28N6O/c1-4-16-15(17-11-14-19-18-12-21(14)3)20(2)8-5-13-6-9-22-10-7-13/h12-13H,4-11H2,1-3H3,(H,16,17). The molecule has 1 aliphatic rings. The molecule has 1 saturated heterocycles. The van der Waals surface area contributed by atoms with Crippen molar-refractivity contribution in [1.29, 1.82) is 0 Å². The van der Waals surface area contributed by atoms with E-state index in [0.717, 1.165) is 44.0 Å². The molecule has 0 atom stereocenters. The fraction of sp³-hybridized carbons (Fsp3) is 0.800. The maximum atomic E-state index is 5.42. The van der Waals surface area contributed by atoms with E-state index in [4.69, 9.17) is 4.74 Å². The normalized spacial score (nSPS) is 16.8. The lowest BCUT2D eigenvalue weighted by molar-refractivity contribution is 0.0625. The smallest absolute Gasteiger partial charge is 0.194 e. The van der Waals surface area contributed by atoms with Crippen molar-refractivity contribution in [2.75, 3.05) is 33.4 Å². The highest BCUT2D eigenvalue weighted by atomic mass is 16.5. The first-order valence-corrected chi connectivity index (χ1v) is 8.10. The molecule has 0 bridgehead atoms. The van der Waals surface area contributed by atoms with Crippen LogP contribution in [0.2, 0.25) is 0 Å². The number of guanidine groups is 1. The van der Waals surface area contributed by atoms with Gasteiger partial charge in [0.15, 0.2) is 11.8 Å². The third-order valence-corrected chi connectivity index (χ3v) is 4.09. The number of aromatic nitrogens is 3. The van der Waals surface area contributed by atoms with Gasteiger partial charge in [-0.25, -0.2) is 4.99 Å². The van der Waals surface area contributed by atoms with Gasteiger partial charge in [0, 0.05) is 40.4 Å². The molecular formula is C15H28N6O. The van der Waals surface area contributed by atoms with Crippen molar-refractivity contribution in [3.63, 3.8) is 0 Å². The van der Waals surface area contributed by atoms with Crippen LogP contribution >= 0.6 is 0 Å². The quantitative estimate of drug-likeness (QED) is 0.628. The number of rotatable bonds is 6. The summed E-state index contributed by atoms with van der Waals surface area (Å²) in [5, 5.41) is 11.3. The number of aliphatic imine (C=N–C) groups is 1. The molecule has 7 nitrogen and oxygen atoms in total. The second-order valence-corrected chi connectivity index (χ2v) is 5.79. The average molecular weight is 308 g/mol. The lowest BCUT2D eigenvalue weighted by Crippen LogP contribution is -2.40. The third kappa shape index (κ3) is 4.98. The first-order chi connectivity index (χ1) is 10.7. The van der Waals surface area contributed by atoms with Gasteiger partial charge in [-0.1, -0.05) is 0 Å². The van der Waals surface area contributed by atoms with Crippen molar-refractivity contribution >= 4 is 5.96 Å². The van der Waals surface area contributed by atoms with Gasteiger partial charge in [-0.05, 0) is 32.1 Å². The predicted molar refractivity (Wildman–Crippen MR) is 86.6 cm³/mol. The van der Waals surface area contributed by atoms with E-state index >= 15 is 0 Å². The zero-order valence-electron chi connectivity index (χ0n) is 14.0. The zero-order chi connectivity index (χ0) is 15.8. The Labute approximate surface area is 132 Å². The van der Waals surface area contributed by atoms with Gasteiger partial charge in [0.1, 0.15) is 12.9 Å². The van der Waals surface area contributed by atoms with Crippen molar-refractivity contribution in [2.24, 2.45) is 18.0 Å². The van der Waals surface area contributed by atoms with Crippen molar-refractivity contribution < 1.29 is 4.74 Å². The molecular weight excluding hydrogens is 280 g/mol. The molecule has 0 unspecified atom stereocenters. The van der Waals surface area contributed by atoms with E-state index in [1.165, 1.54) is 19.3 Å². The number of nitrogens with one attached hydrogen (secondary N) is 1. The van der Waals surface area contributed by atoms with E-state index < -0.39 is 0 Å². The van der Waals surface area contributed by atoms with Crippen LogP contribution in [-0.2, 0) is 18.3 Å². The lowest BCUT2D eigenvalue weighted by Gasteiger charge is -2.26. The summed E-state index contributed by atoms with van der Waals surface area (Å²) in [7, 11) is 4.03. The van der Waals surface area contributed by atoms with E-state index in [1.54, 1.807) is 6.33 Å². The predicted octanol–water partition coefficient (Wildman–Crippen LogP) is 1.03. The Morgan fingerprint density at radius 2 is 2.27 bits per heavy atom. The highest BCUT2D eigenvalue weighted by molar-refractivity contribution is 5.79. The first kappa shape index (κ1) is 16.7. The Morgan fingerprint density at radius 3 is 2.91 bits per heavy atom. The Kier molecular flexibility index (Phi) is 6.64. The summed E-state index contributed by atoms with van der Waals surface area (Å²) in [6, 6.07) is 0. The van der Waals surface area contributed by atoms with E-state index in [0.29, 0.717) is 6.54 Å². The molecule has 0 amide bonds. The lowest BCUT2D eigenvalue weighted by atomic mass is 9.96. The maximum absolute atomic E-state index is 5.42. The molecule has 1 aromatic heterocycles. The largest absolute Gasteiger partial charge is 0.381 e. The van der Waals surface area contributed by atoms with E-state index in [9.17, 15) is 0 Å². The van der Waals surface area contributed by atoms with Crippen LogP contribution < -0.4 is 5.32 Å². The van der Waals surface area contributed by atoms with Crippen LogP contribution in [0.4, 0.5) is 0 Å². The Hall–Kier alpha value is -1.63. The highest BCUT2D eigenvalue weighted by Gasteiger charge is 2.15. The molecule has 1 aliphatic heterocycles. The topological polar surface area (TPSA) is 67.6 Å². The molecule has 1 fully saturated rings. The maximum Gasteiger partial charge on any atom is 0.194 e. The van der Waals surface area contributed by atoms with E-state index in [1.807, 2.05) is 11.6 Å². The molecule has 1 N–H and O–H groups in total. The number of ether oxygens (including phenoxy) is 1. The first-order valence-electron chi connectivity index (χ1n) is 8.10. The zero-order valence-corrected chi connectivity index (χ0v) is 14.0. The highest BCUT2D eigenvalue weighted by Crippen LogP contribution is 2.18. The number of hydrogen-bond donors (Lipinski definition) is 1. The Balaban J connectivity index is 1.86. The summed E-state index contributed by atoms with van der Waals surface area (Å²) in [5.41, 5.74) is 0. The van der Waals surface area contributed by atoms with Gasteiger partial charge >= 0.3 is 0 Å². The molecule has 22 heavy (non-hydrogen) atoms.